The number of benzene rings is 2. The number of nitrogens with zero attached hydrogens (tertiary/aromatic N) is 3. The first-order valence-electron chi connectivity index (χ1n) is 9.65. The molecule has 2 fully saturated rings. The zero-order valence-electron chi connectivity index (χ0n) is 16.0. The zero-order chi connectivity index (χ0) is 20.3. The fourth-order valence-electron chi connectivity index (χ4n) is 3.87. The molecule has 2 heterocycles. The molecule has 7 heteroatoms. The molecule has 2 aliphatic heterocycles. The number of ether oxygens (including phenoxy) is 1. The van der Waals surface area contributed by atoms with Crippen LogP contribution in [-0.4, -0.2) is 47.2 Å². The Morgan fingerprint density at radius 2 is 1.90 bits per heavy atom. The lowest BCUT2D eigenvalue weighted by atomic mass is 9.91. The molecule has 0 bridgehead atoms. The van der Waals surface area contributed by atoms with Crippen molar-refractivity contribution in [2.75, 3.05) is 25.0 Å². The van der Waals surface area contributed by atoms with Crippen LogP contribution in [0, 0.1) is 11.3 Å². The lowest BCUT2D eigenvalue weighted by Gasteiger charge is -2.37. The number of hydrogen-bond acceptors (Lipinski definition) is 4. The summed E-state index contributed by atoms with van der Waals surface area (Å²) < 4.78 is 5.74. The Kier molecular flexibility index (Phi) is 5.09. The summed E-state index contributed by atoms with van der Waals surface area (Å²) in [6.07, 6.45) is 0.922. The number of hydrogen-bond donors (Lipinski definition) is 1. The summed E-state index contributed by atoms with van der Waals surface area (Å²) in [5.74, 6) is 0. The van der Waals surface area contributed by atoms with Gasteiger partial charge in [0.2, 0.25) is 0 Å². The first kappa shape index (κ1) is 18.8. The monoisotopic (exact) mass is 390 g/mol. The number of carbonyl (C=O) groups is 2. The van der Waals surface area contributed by atoms with E-state index in [0.29, 0.717) is 50.3 Å². The van der Waals surface area contributed by atoms with Crippen molar-refractivity contribution in [2.24, 2.45) is 0 Å². The summed E-state index contributed by atoms with van der Waals surface area (Å²) in [4.78, 5) is 28.4. The van der Waals surface area contributed by atoms with Gasteiger partial charge in [0.1, 0.15) is 5.60 Å². The third-order valence-electron chi connectivity index (χ3n) is 5.46. The molecule has 0 aliphatic carbocycles. The van der Waals surface area contributed by atoms with E-state index in [0.717, 1.165) is 5.56 Å². The minimum Gasteiger partial charge on any atom is -0.441 e. The first-order chi connectivity index (χ1) is 14.1. The van der Waals surface area contributed by atoms with E-state index < -0.39 is 5.60 Å². The zero-order valence-corrected chi connectivity index (χ0v) is 16.0. The second-order valence-electron chi connectivity index (χ2n) is 7.50. The number of nitriles is 1. The van der Waals surface area contributed by atoms with Crippen LogP contribution < -0.4 is 5.32 Å². The maximum Gasteiger partial charge on any atom is 0.410 e. The molecule has 2 saturated heterocycles. The number of amides is 3. The molecular formula is C22H22N4O3. The highest BCUT2D eigenvalue weighted by Gasteiger charge is 2.47. The molecule has 1 spiro atoms. The van der Waals surface area contributed by atoms with Gasteiger partial charge in [0.05, 0.1) is 18.2 Å². The number of carbonyl (C=O) groups excluding carboxylic acids is 2. The van der Waals surface area contributed by atoms with E-state index in [1.165, 1.54) is 0 Å². The second kappa shape index (κ2) is 7.84. The maximum absolute atomic E-state index is 12.6. The standard InChI is InChI=1S/C22H22N4O3/c23-14-18-7-4-8-19(13-18)24-20(27)25-11-9-22(10-12-25)16-26(21(28)29-22)15-17-5-2-1-3-6-17/h1-8,13H,9-12,15-16H2,(H,24,27). The predicted molar refractivity (Wildman–Crippen MR) is 107 cm³/mol. The van der Waals surface area contributed by atoms with Crippen LogP contribution in [0.3, 0.4) is 0 Å². The Balaban J connectivity index is 1.33. The molecule has 0 aromatic heterocycles. The molecule has 2 aliphatic rings. The van der Waals surface area contributed by atoms with Crippen molar-refractivity contribution in [3.8, 4) is 6.07 Å². The van der Waals surface area contributed by atoms with E-state index in [2.05, 4.69) is 11.4 Å². The van der Waals surface area contributed by atoms with Crippen LogP contribution in [0.1, 0.15) is 24.0 Å². The largest absolute Gasteiger partial charge is 0.441 e. The predicted octanol–water partition coefficient (Wildman–Crippen LogP) is 3.58. The number of piperidine rings is 1. The average molecular weight is 390 g/mol. The second-order valence-corrected chi connectivity index (χ2v) is 7.50. The van der Waals surface area contributed by atoms with Crippen molar-refractivity contribution in [1.82, 2.24) is 9.80 Å². The molecular weight excluding hydrogens is 368 g/mol. The van der Waals surface area contributed by atoms with Gasteiger partial charge in [-0.2, -0.15) is 5.26 Å². The number of rotatable bonds is 3. The van der Waals surface area contributed by atoms with Crippen LogP contribution in [0.25, 0.3) is 0 Å². The van der Waals surface area contributed by atoms with Gasteiger partial charge in [-0.25, -0.2) is 9.59 Å². The van der Waals surface area contributed by atoms with Crippen LogP contribution in [0.5, 0.6) is 0 Å². The first-order valence-corrected chi connectivity index (χ1v) is 9.65. The topological polar surface area (TPSA) is 85.7 Å². The minimum atomic E-state index is -0.524. The summed E-state index contributed by atoms with van der Waals surface area (Å²) in [7, 11) is 0. The van der Waals surface area contributed by atoms with E-state index in [-0.39, 0.29) is 12.1 Å². The van der Waals surface area contributed by atoms with E-state index in [1.807, 2.05) is 30.3 Å². The Hall–Kier alpha value is -3.53. The van der Waals surface area contributed by atoms with Gasteiger partial charge in [0, 0.05) is 38.2 Å². The summed E-state index contributed by atoms with van der Waals surface area (Å²) >= 11 is 0. The van der Waals surface area contributed by atoms with Crippen LogP contribution in [0.2, 0.25) is 0 Å². The summed E-state index contributed by atoms with van der Waals surface area (Å²) in [6.45, 7) is 2.09. The lowest BCUT2D eigenvalue weighted by Crippen LogP contribution is -2.49. The Bertz CT molecular complexity index is 946. The molecule has 3 amide bonds. The van der Waals surface area contributed by atoms with Crippen molar-refractivity contribution in [3.05, 3.63) is 65.7 Å². The highest BCUT2D eigenvalue weighted by atomic mass is 16.6. The minimum absolute atomic E-state index is 0.208. The number of urea groups is 1. The van der Waals surface area contributed by atoms with Crippen molar-refractivity contribution in [2.45, 2.75) is 25.0 Å². The molecule has 7 nitrogen and oxygen atoms in total. The molecule has 0 radical (unpaired) electrons. The number of anilines is 1. The smallest absolute Gasteiger partial charge is 0.410 e. The van der Waals surface area contributed by atoms with Crippen LogP contribution in [0.15, 0.2) is 54.6 Å². The van der Waals surface area contributed by atoms with E-state index in [1.54, 1.807) is 34.1 Å². The van der Waals surface area contributed by atoms with Crippen LogP contribution in [-0.2, 0) is 11.3 Å². The van der Waals surface area contributed by atoms with Gasteiger partial charge in [-0.1, -0.05) is 36.4 Å². The van der Waals surface area contributed by atoms with Gasteiger partial charge in [0.15, 0.2) is 0 Å². The van der Waals surface area contributed by atoms with Crippen molar-refractivity contribution in [1.29, 1.82) is 5.26 Å². The van der Waals surface area contributed by atoms with Crippen molar-refractivity contribution in [3.63, 3.8) is 0 Å². The van der Waals surface area contributed by atoms with Crippen molar-refractivity contribution >= 4 is 17.8 Å². The molecule has 1 N–H and O–H groups in total. The maximum atomic E-state index is 12.6. The van der Waals surface area contributed by atoms with Gasteiger partial charge in [-0.15, -0.1) is 0 Å². The third kappa shape index (κ3) is 4.16. The molecule has 2 aromatic carbocycles. The summed E-state index contributed by atoms with van der Waals surface area (Å²) in [5, 5.41) is 11.8. The fraction of sp³-hybridized carbons (Fsp3) is 0.318. The average Bonchev–Trinajstić information content (AvgIpc) is 3.03. The third-order valence-corrected chi connectivity index (χ3v) is 5.46. The van der Waals surface area contributed by atoms with E-state index in [4.69, 9.17) is 10.00 Å². The number of likely N-dealkylation sites (tertiary alicyclic amines) is 1. The van der Waals surface area contributed by atoms with E-state index in [9.17, 15) is 9.59 Å². The Morgan fingerprint density at radius 3 is 2.62 bits per heavy atom. The van der Waals surface area contributed by atoms with Gasteiger partial charge in [0.25, 0.3) is 0 Å². The highest BCUT2D eigenvalue weighted by Crippen LogP contribution is 2.34. The summed E-state index contributed by atoms with van der Waals surface area (Å²) in [6, 6.07) is 18.5. The SMILES string of the molecule is N#Cc1cccc(NC(=O)N2CCC3(CC2)CN(Cc2ccccc2)C(=O)O3)c1. The van der Waals surface area contributed by atoms with Crippen LogP contribution >= 0.6 is 0 Å². The molecule has 4 rings (SSSR count). The van der Waals surface area contributed by atoms with Crippen molar-refractivity contribution < 1.29 is 14.3 Å². The summed E-state index contributed by atoms with van der Waals surface area (Å²) in [5.41, 5.74) is 1.63. The van der Waals surface area contributed by atoms with E-state index >= 15 is 0 Å². The van der Waals surface area contributed by atoms with Gasteiger partial charge in [-0.05, 0) is 23.8 Å². The molecule has 0 saturated carbocycles. The molecule has 2 aromatic rings. The lowest BCUT2D eigenvalue weighted by molar-refractivity contribution is 0.0109. The van der Waals surface area contributed by atoms with Gasteiger partial charge < -0.3 is 15.0 Å². The van der Waals surface area contributed by atoms with Crippen LogP contribution in [0.4, 0.5) is 15.3 Å². The Labute approximate surface area is 169 Å². The Morgan fingerprint density at radius 1 is 1.14 bits per heavy atom. The highest BCUT2D eigenvalue weighted by molar-refractivity contribution is 5.89. The molecule has 29 heavy (non-hydrogen) atoms. The molecule has 148 valence electrons. The quantitative estimate of drug-likeness (QED) is 0.868. The normalized spacial score (nSPS) is 17.7. The molecule has 0 unspecified atom stereocenters. The number of nitrogens with one attached hydrogen (secondary N) is 1. The van der Waals surface area contributed by atoms with Gasteiger partial charge >= 0.3 is 12.1 Å². The molecule has 0 atom stereocenters. The van der Waals surface area contributed by atoms with Gasteiger partial charge in [-0.3, -0.25) is 4.90 Å². The fourth-order valence-corrected chi connectivity index (χ4v) is 3.87.